The van der Waals surface area contributed by atoms with Gasteiger partial charge in [0, 0.05) is 12.5 Å². The van der Waals surface area contributed by atoms with Gasteiger partial charge in [0.25, 0.3) is 0 Å². The molecule has 3 nitrogen and oxygen atoms in total. The van der Waals surface area contributed by atoms with E-state index >= 15 is 0 Å². The van der Waals surface area contributed by atoms with Gasteiger partial charge < -0.3 is 9.84 Å². The van der Waals surface area contributed by atoms with Crippen molar-refractivity contribution in [1.29, 1.82) is 0 Å². The van der Waals surface area contributed by atoms with E-state index in [9.17, 15) is 4.79 Å². The van der Waals surface area contributed by atoms with E-state index < -0.39 is 5.97 Å². The Labute approximate surface area is 71.7 Å². The van der Waals surface area contributed by atoms with Crippen LogP contribution in [-0.2, 0) is 9.53 Å². The Bertz CT molecular complexity index is 190. The number of fused-ring (bicyclic) bond motifs is 1. The summed E-state index contributed by atoms with van der Waals surface area (Å²) in [4.78, 5) is 10.8. The Kier molecular flexibility index (Phi) is 2.05. The van der Waals surface area contributed by atoms with Crippen LogP contribution in [0.25, 0.3) is 0 Å². The molecule has 1 saturated heterocycles. The molecule has 1 heterocycles. The number of hydrogen-bond acceptors (Lipinski definition) is 2. The molecule has 2 fully saturated rings. The van der Waals surface area contributed by atoms with Crippen LogP contribution in [0, 0.1) is 11.8 Å². The molecule has 1 saturated carbocycles. The van der Waals surface area contributed by atoms with Gasteiger partial charge in [-0.1, -0.05) is 0 Å². The fourth-order valence-electron chi connectivity index (χ4n) is 2.48. The molecule has 0 unspecified atom stereocenters. The van der Waals surface area contributed by atoms with Crippen molar-refractivity contribution in [2.75, 3.05) is 6.61 Å². The predicted molar refractivity (Wildman–Crippen MR) is 42.8 cm³/mol. The van der Waals surface area contributed by atoms with Crippen molar-refractivity contribution in [3.05, 3.63) is 0 Å². The zero-order valence-corrected chi connectivity index (χ0v) is 7.03. The van der Waals surface area contributed by atoms with Crippen LogP contribution in [0.2, 0.25) is 0 Å². The Morgan fingerprint density at radius 3 is 2.92 bits per heavy atom. The summed E-state index contributed by atoms with van der Waals surface area (Å²) >= 11 is 0. The van der Waals surface area contributed by atoms with E-state index in [4.69, 9.17) is 9.84 Å². The third kappa shape index (κ3) is 1.22. The van der Waals surface area contributed by atoms with E-state index in [0.717, 1.165) is 32.3 Å². The van der Waals surface area contributed by atoms with E-state index in [1.54, 1.807) is 0 Å². The minimum absolute atomic E-state index is 0.133. The van der Waals surface area contributed by atoms with E-state index in [1.165, 1.54) is 0 Å². The maximum absolute atomic E-state index is 10.8. The Morgan fingerprint density at radius 2 is 2.17 bits per heavy atom. The van der Waals surface area contributed by atoms with Gasteiger partial charge in [0.1, 0.15) is 0 Å². The monoisotopic (exact) mass is 170 g/mol. The number of aliphatic carboxylic acids is 1. The fraction of sp³-hybridized carbons (Fsp3) is 0.889. The first-order valence-corrected chi connectivity index (χ1v) is 4.63. The second-order valence-corrected chi connectivity index (χ2v) is 3.74. The normalized spacial score (nSPS) is 40.8. The molecule has 2 aliphatic rings. The molecule has 0 aromatic rings. The molecule has 0 aromatic carbocycles. The standard InChI is InChI=1S/C9H14O3/c10-9(11)7-2-1-3-8-6(7)4-5-12-8/h6-8H,1-5H2,(H,10,11)/t6-,7+,8-/m0/s1. The fourth-order valence-corrected chi connectivity index (χ4v) is 2.48. The highest BCUT2D eigenvalue weighted by molar-refractivity contribution is 5.70. The number of rotatable bonds is 1. The lowest BCUT2D eigenvalue weighted by atomic mass is 9.77. The number of ether oxygens (including phenoxy) is 1. The minimum Gasteiger partial charge on any atom is -0.481 e. The van der Waals surface area contributed by atoms with Gasteiger partial charge in [0.15, 0.2) is 0 Å². The zero-order chi connectivity index (χ0) is 8.55. The summed E-state index contributed by atoms with van der Waals surface area (Å²) in [5, 5.41) is 8.93. The second kappa shape index (κ2) is 3.05. The molecule has 0 spiro atoms. The maximum atomic E-state index is 10.8. The summed E-state index contributed by atoms with van der Waals surface area (Å²) in [6, 6.07) is 0. The van der Waals surface area contributed by atoms with Crippen LogP contribution >= 0.6 is 0 Å². The number of carboxylic acids is 1. The van der Waals surface area contributed by atoms with Crippen molar-refractivity contribution < 1.29 is 14.6 Å². The molecular weight excluding hydrogens is 156 g/mol. The lowest BCUT2D eigenvalue weighted by Gasteiger charge is -2.29. The Morgan fingerprint density at radius 1 is 1.33 bits per heavy atom. The second-order valence-electron chi connectivity index (χ2n) is 3.74. The Balaban J connectivity index is 2.08. The highest BCUT2D eigenvalue weighted by Gasteiger charge is 2.40. The largest absolute Gasteiger partial charge is 0.481 e. The molecule has 0 radical (unpaired) electrons. The lowest BCUT2D eigenvalue weighted by molar-refractivity contribution is -0.146. The van der Waals surface area contributed by atoms with Crippen LogP contribution < -0.4 is 0 Å². The highest BCUT2D eigenvalue weighted by atomic mass is 16.5. The van der Waals surface area contributed by atoms with Crippen LogP contribution in [0.4, 0.5) is 0 Å². The summed E-state index contributed by atoms with van der Waals surface area (Å²) in [5.41, 5.74) is 0. The van der Waals surface area contributed by atoms with Crippen molar-refractivity contribution in [3.8, 4) is 0 Å². The SMILES string of the molecule is O=C(O)[C@@H]1CCC[C@@H]2OCC[C@H]21. The van der Waals surface area contributed by atoms with Gasteiger partial charge in [-0.25, -0.2) is 0 Å². The number of carbonyl (C=O) groups is 1. The highest BCUT2D eigenvalue weighted by Crippen LogP contribution is 2.38. The molecule has 3 heteroatoms. The van der Waals surface area contributed by atoms with Crippen LogP contribution in [0.1, 0.15) is 25.7 Å². The summed E-state index contributed by atoms with van der Waals surface area (Å²) in [6.45, 7) is 0.763. The summed E-state index contributed by atoms with van der Waals surface area (Å²) < 4.78 is 5.47. The van der Waals surface area contributed by atoms with Crippen molar-refractivity contribution in [2.24, 2.45) is 11.8 Å². The van der Waals surface area contributed by atoms with Crippen LogP contribution in [0.3, 0.4) is 0 Å². The lowest BCUT2D eigenvalue weighted by Crippen LogP contribution is -2.33. The van der Waals surface area contributed by atoms with E-state index in [-0.39, 0.29) is 12.0 Å². The zero-order valence-electron chi connectivity index (χ0n) is 7.03. The van der Waals surface area contributed by atoms with Crippen molar-refractivity contribution in [2.45, 2.75) is 31.8 Å². The molecule has 1 N–H and O–H groups in total. The molecule has 1 aliphatic carbocycles. The molecule has 12 heavy (non-hydrogen) atoms. The molecule has 2 rings (SSSR count). The molecule has 68 valence electrons. The first-order chi connectivity index (χ1) is 5.79. The van der Waals surface area contributed by atoms with Gasteiger partial charge in [-0.2, -0.15) is 0 Å². The van der Waals surface area contributed by atoms with E-state index in [0.29, 0.717) is 5.92 Å². The quantitative estimate of drug-likeness (QED) is 0.644. The first kappa shape index (κ1) is 8.05. The summed E-state index contributed by atoms with van der Waals surface area (Å²) in [5.74, 6) is -0.460. The smallest absolute Gasteiger partial charge is 0.306 e. The van der Waals surface area contributed by atoms with Crippen LogP contribution in [0.15, 0.2) is 0 Å². The van der Waals surface area contributed by atoms with Gasteiger partial charge in [0.05, 0.1) is 12.0 Å². The van der Waals surface area contributed by atoms with Gasteiger partial charge in [-0.05, 0) is 25.7 Å². The van der Waals surface area contributed by atoms with Gasteiger partial charge in [0.2, 0.25) is 0 Å². The average molecular weight is 170 g/mol. The van der Waals surface area contributed by atoms with Gasteiger partial charge in [-0.3, -0.25) is 4.79 Å². The van der Waals surface area contributed by atoms with Crippen LogP contribution in [0.5, 0.6) is 0 Å². The maximum Gasteiger partial charge on any atom is 0.306 e. The topological polar surface area (TPSA) is 46.5 Å². The predicted octanol–water partition coefficient (Wildman–Crippen LogP) is 1.28. The minimum atomic E-state index is -0.629. The third-order valence-corrected chi connectivity index (χ3v) is 3.10. The third-order valence-electron chi connectivity index (χ3n) is 3.10. The van der Waals surface area contributed by atoms with Gasteiger partial charge in [-0.15, -0.1) is 0 Å². The summed E-state index contributed by atoms with van der Waals surface area (Å²) in [7, 11) is 0. The van der Waals surface area contributed by atoms with E-state index in [1.807, 2.05) is 0 Å². The number of carboxylic acid groups (broad SMARTS) is 1. The Hall–Kier alpha value is -0.570. The molecular formula is C9H14O3. The van der Waals surface area contributed by atoms with Crippen molar-refractivity contribution in [3.63, 3.8) is 0 Å². The molecule has 3 atom stereocenters. The average Bonchev–Trinajstić information content (AvgIpc) is 2.49. The van der Waals surface area contributed by atoms with Crippen molar-refractivity contribution >= 4 is 5.97 Å². The number of hydrogen-bond donors (Lipinski definition) is 1. The summed E-state index contributed by atoms with van der Waals surface area (Å²) in [6.07, 6.45) is 4.12. The first-order valence-electron chi connectivity index (χ1n) is 4.63. The van der Waals surface area contributed by atoms with E-state index in [2.05, 4.69) is 0 Å². The molecule has 0 bridgehead atoms. The molecule has 0 aromatic heterocycles. The molecule has 1 aliphatic heterocycles. The molecule has 0 amide bonds. The van der Waals surface area contributed by atoms with Gasteiger partial charge >= 0.3 is 5.97 Å². The van der Waals surface area contributed by atoms with Crippen molar-refractivity contribution in [1.82, 2.24) is 0 Å². The van der Waals surface area contributed by atoms with Crippen LogP contribution in [-0.4, -0.2) is 23.8 Å².